The first-order chi connectivity index (χ1) is 7.65. The fourth-order valence-corrected chi connectivity index (χ4v) is 1.23. The Balaban J connectivity index is 2.19. The summed E-state index contributed by atoms with van der Waals surface area (Å²) in [4.78, 5) is 34.2. The Labute approximate surface area is 93.4 Å². The summed E-state index contributed by atoms with van der Waals surface area (Å²) in [5.41, 5.74) is 0. The highest BCUT2D eigenvalue weighted by atomic mass is 16.5. The maximum Gasteiger partial charge on any atom is 0.330 e. The minimum absolute atomic E-state index is 0.195. The molecule has 5 heteroatoms. The van der Waals surface area contributed by atoms with Crippen LogP contribution in [0.2, 0.25) is 0 Å². The van der Waals surface area contributed by atoms with Gasteiger partial charge in [0.15, 0.2) is 0 Å². The van der Waals surface area contributed by atoms with Crippen molar-refractivity contribution in [2.75, 3.05) is 13.2 Å². The molecule has 0 fully saturated rings. The second-order valence-electron chi connectivity index (χ2n) is 3.18. The fraction of sp³-hybridized carbons (Fsp3) is 0.364. The van der Waals surface area contributed by atoms with Crippen LogP contribution in [0.25, 0.3) is 0 Å². The van der Waals surface area contributed by atoms with E-state index >= 15 is 0 Å². The Morgan fingerprint density at radius 2 is 2.00 bits per heavy atom. The molecule has 0 saturated carbocycles. The molecule has 0 aromatic rings. The number of amides is 2. The van der Waals surface area contributed by atoms with E-state index in [4.69, 9.17) is 4.74 Å². The van der Waals surface area contributed by atoms with Gasteiger partial charge in [-0.1, -0.05) is 6.08 Å². The third-order valence-corrected chi connectivity index (χ3v) is 1.97. The van der Waals surface area contributed by atoms with Gasteiger partial charge in [-0.25, -0.2) is 4.79 Å². The van der Waals surface area contributed by atoms with E-state index in [-0.39, 0.29) is 25.0 Å². The van der Waals surface area contributed by atoms with Gasteiger partial charge in [-0.3, -0.25) is 14.5 Å². The van der Waals surface area contributed by atoms with Crippen molar-refractivity contribution in [3.63, 3.8) is 0 Å². The van der Waals surface area contributed by atoms with Crippen molar-refractivity contribution in [3.05, 3.63) is 24.3 Å². The van der Waals surface area contributed by atoms with Crippen molar-refractivity contribution in [2.45, 2.75) is 13.3 Å². The lowest BCUT2D eigenvalue weighted by Crippen LogP contribution is -2.31. The van der Waals surface area contributed by atoms with Crippen LogP contribution in [0.4, 0.5) is 0 Å². The molecule has 0 aromatic heterocycles. The monoisotopic (exact) mass is 223 g/mol. The average molecular weight is 223 g/mol. The summed E-state index contributed by atoms with van der Waals surface area (Å²) in [6.45, 7) is 2.18. The molecular weight excluding hydrogens is 210 g/mol. The Kier molecular flexibility index (Phi) is 4.44. The number of imide groups is 1. The largest absolute Gasteiger partial charge is 0.462 e. The van der Waals surface area contributed by atoms with Gasteiger partial charge in [0.1, 0.15) is 0 Å². The number of ether oxygens (including phenoxy) is 1. The average Bonchev–Trinajstić information content (AvgIpc) is 2.55. The lowest BCUT2D eigenvalue weighted by Gasteiger charge is -2.12. The van der Waals surface area contributed by atoms with Crippen LogP contribution in [0.15, 0.2) is 24.3 Å². The molecule has 2 amide bonds. The smallest absolute Gasteiger partial charge is 0.330 e. The van der Waals surface area contributed by atoms with Crippen molar-refractivity contribution in [3.8, 4) is 0 Å². The molecule has 1 rings (SSSR count). The van der Waals surface area contributed by atoms with E-state index in [1.165, 1.54) is 18.2 Å². The number of hydrogen-bond donors (Lipinski definition) is 0. The normalized spacial score (nSPS) is 15.2. The molecule has 1 aliphatic rings. The molecule has 0 radical (unpaired) electrons. The highest BCUT2D eigenvalue weighted by Crippen LogP contribution is 2.04. The standard InChI is InChI=1S/C11H13NO4/c1-2-4-11(15)16-8-3-7-12-9(13)5-6-10(12)14/h2,4-6H,3,7-8H2,1H3. The molecule has 1 heterocycles. The second-order valence-corrected chi connectivity index (χ2v) is 3.18. The van der Waals surface area contributed by atoms with Crippen LogP contribution < -0.4 is 0 Å². The summed E-state index contributed by atoms with van der Waals surface area (Å²) in [5, 5.41) is 0. The van der Waals surface area contributed by atoms with Gasteiger partial charge in [-0.15, -0.1) is 0 Å². The molecule has 16 heavy (non-hydrogen) atoms. The van der Waals surface area contributed by atoms with Crippen molar-refractivity contribution in [2.24, 2.45) is 0 Å². The van der Waals surface area contributed by atoms with Crippen LogP contribution in [0.1, 0.15) is 13.3 Å². The minimum Gasteiger partial charge on any atom is -0.462 e. The summed E-state index contributed by atoms with van der Waals surface area (Å²) in [6, 6.07) is 0. The molecule has 0 aliphatic carbocycles. The molecule has 0 unspecified atom stereocenters. The number of hydrogen-bond acceptors (Lipinski definition) is 4. The molecular formula is C11H13NO4. The van der Waals surface area contributed by atoms with Gasteiger partial charge in [0.25, 0.3) is 11.8 Å². The zero-order valence-corrected chi connectivity index (χ0v) is 9.01. The van der Waals surface area contributed by atoms with Crippen LogP contribution in [-0.2, 0) is 19.1 Å². The topological polar surface area (TPSA) is 63.7 Å². The number of carbonyl (C=O) groups is 3. The summed E-state index contributed by atoms with van der Waals surface area (Å²) >= 11 is 0. The van der Waals surface area contributed by atoms with Crippen molar-refractivity contribution in [1.29, 1.82) is 0 Å². The number of esters is 1. The molecule has 5 nitrogen and oxygen atoms in total. The summed E-state index contributed by atoms with van der Waals surface area (Å²) in [7, 11) is 0. The zero-order valence-electron chi connectivity index (χ0n) is 9.01. The van der Waals surface area contributed by atoms with Gasteiger partial charge in [-0.2, -0.15) is 0 Å². The van der Waals surface area contributed by atoms with E-state index < -0.39 is 5.97 Å². The molecule has 0 N–H and O–H groups in total. The molecule has 0 saturated heterocycles. The number of carbonyl (C=O) groups excluding carboxylic acids is 3. The van der Waals surface area contributed by atoms with Gasteiger partial charge < -0.3 is 4.74 Å². The quantitative estimate of drug-likeness (QED) is 0.293. The van der Waals surface area contributed by atoms with Crippen LogP contribution in [0.5, 0.6) is 0 Å². The number of nitrogens with zero attached hydrogens (tertiary/aromatic N) is 1. The van der Waals surface area contributed by atoms with Gasteiger partial charge in [0.2, 0.25) is 0 Å². The highest BCUT2D eigenvalue weighted by Gasteiger charge is 2.22. The molecule has 0 spiro atoms. The summed E-state index contributed by atoms with van der Waals surface area (Å²) < 4.78 is 4.82. The van der Waals surface area contributed by atoms with E-state index in [0.29, 0.717) is 6.42 Å². The van der Waals surface area contributed by atoms with Gasteiger partial charge in [0.05, 0.1) is 6.61 Å². The Morgan fingerprint density at radius 3 is 2.56 bits per heavy atom. The molecule has 1 aliphatic heterocycles. The van der Waals surface area contributed by atoms with Crippen LogP contribution in [0, 0.1) is 0 Å². The molecule has 0 bridgehead atoms. The first kappa shape index (κ1) is 12.2. The summed E-state index contributed by atoms with van der Waals surface area (Å²) in [5.74, 6) is -1.05. The lowest BCUT2D eigenvalue weighted by atomic mass is 10.4. The van der Waals surface area contributed by atoms with Crippen LogP contribution >= 0.6 is 0 Å². The Hall–Kier alpha value is -1.91. The molecule has 0 atom stereocenters. The van der Waals surface area contributed by atoms with Gasteiger partial charge >= 0.3 is 5.97 Å². The van der Waals surface area contributed by atoms with Crippen molar-refractivity contribution >= 4 is 17.8 Å². The van der Waals surface area contributed by atoms with Crippen LogP contribution in [-0.4, -0.2) is 35.8 Å². The van der Waals surface area contributed by atoms with E-state index in [1.54, 1.807) is 13.0 Å². The lowest BCUT2D eigenvalue weighted by molar-refractivity contribution is -0.138. The van der Waals surface area contributed by atoms with Crippen molar-refractivity contribution < 1.29 is 19.1 Å². The third kappa shape index (κ3) is 3.34. The summed E-state index contributed by atoms with van der Waals surface area (Å²) in [6.07, 6.45) is 5.80. The van der Waals surface area contributed by atoms with Gasteiger partial charge in [-0.05, 0) is 13.3 Å². The molecule has 0 aromatic carbocycles. The van der Waals surface area contributed by atoms with Gasteiger partial charge in [0, 0.05) is 24.8 Å². The first-order valence-electron chi connectivity index (χ1n) is 4.98. The third-order valence-electron chi connectivity index (χ3n) is 1.97. The second kappa shape index (κ2) is 5.85. The SMILES string of the molecule is CC=CC(=O)OCCCN1C(=O)C=CC1=O. The maximum atomic E-state index is 11.1. The maximum absolute atomic E-state index is 11.1. The van der Waals surface area contributed by atoms with E-state index in [1.807, 2.05) is 0 Å². The number of allylic oxidation sites excluding steroid dienone is 1. The van der Waals surface area contributed by atoms with Crippen molar-refractivity contribution in [1.82, 2.24) is 4.90 Å². The predicted octanol–water partition coefficient (Wildman–Crippen LogP) is 0.421. The first-order valence-corrected chi connectivity index (χ1v) is 4.98. The van der Waals surface area contributed by atoms with Crippen LogP contribution in [0.3, 0.4) is 0 Å². The zero-order chi connectivity index (χ0) is 12.0. The Morgan fingerprint density at radius 1 is 1.38 bits per heavy atom. The number of rotatable bonds is 5. The molecule has 86 valence electrons. The highest BCUT2D eigenvalue weighted by molar-refractivity contribution is 6.12. The van der Waals surface area contributed by atoms with E-state index in [2.05, 4.69) is 0 Å². The van der Waals surface area contributed by atoms with E-state index in [0.717, 1.165) is 4.90 Å². The van der Waals surface area contributed by atoms with E-state index in [9.17, 15) is 14.4 Å². The predicted molar refractivity (Wildman–Crippen MR) is 56.3 cm³/mol. The fourth-order valence-electron chi connectivity index (χ4n) is 1.23. The minimum atomic E-state index is -0.417. The Bertz CT molecular complexity index is 339.